The average Bonchev–Trinajstić information content (AvgIpc) is 3.63. The van der Waals surface area contributed by atoms with Crippen LogP contribution in [0.5, 0.6) is 0 Å². The van der Waals surface area contributed by atoms with Crippen LogP contribution < -0.4 is 10.2 Å². The molecule has 1 N–H and O–H groups in total. The number of aromatic nitrogens is 1. The van der Waals surface area contributed by atoms with E-state index in [0.717, 1.165) is 21.2 Å². The third-order valence-electron chi connectivity index (χ3n) is 6.78. The van der Waals surface area contributed by atoms with E-state index in [1.165, 1.54) is 30.0 Å². The molecule has 6 rings (SSSR count). The van der Waals surface area contributed by atoms with E-state index in [-0.39, 0.29) is 17.4 Å². The lowest BCUT2D eigenvalue weighted by Gasteiger charge is -2.26. The van der Waals surface area contributed by atoms with Gasteiger partial charge in [-0.1, -0.05) is 30.0 Å². The number of hydrogen-bond acceptors (Lipinski definition) is 8. The number of thiocarbonyl (C=S) groups is 1. The average molecular weight is 596 g/mol. The SMILES string of the molecule is O=[N+]([O-])c1ccc(Sc2ccc(N3C(=S)N[C@@H](c4ccccn4)[C@H]3c3ccc(-c4ccccc4[N+](=O)[O-])o3)cc2)cc1. The molecule has 12 heteroatoms. The van der Waals surface area contributed by atoms with E-state index in [4.69, 9.17) is 16.6 Å². The van der Waals surface area contributed by atoms with Crippen molar-refractivity contribution in [3.8, 4) is 11.3 Å². The van der Waals surface area contributed by atoms with Crippen LogP contribution in [0.15, 0.2) is 124 Å². The van der Waals surface area contributed by atoms with Crippen molar-refractivity contribution >= 4 is 46.2 Å². The van der Waals surface area contributed by atoms with Gasteiger partial charge in [0.15, 0.2) is 5.11 Å². The van der Waals surface area contributed by atoms with Crippen LogP contribution in [0.1, 0.15) is 23.5 Å². The first-order valence-corrected chi connectivity index (χ1v) is 14.0. The van der Waals surface area contributed by atoms with Gasteiger partial charge < -0.3 is 14.6 Å². The van der Waals surface area contributed by atoms with Crippen molar-refractivity contribution in [3.63, 3.8) is 0 Å². The van der Waals surface area contributed by atoms with E-state index in [2.05, 4.69) is 10.3 Å². The molecule has 0 saturated carbocycles. The molecule has 1 aliphatic rings. The van der Waals surface area contributed by atoms with Gasteiger partial charge in [0, 0.05) is 39.9 Å². The number of rotatable bonds is 8. The molecule has 0 unspecified atom stereocenters. The van der Waals surface area contributed by atoms with E-state index in [1.54, 1.807) is 42.6 Å². The lowest BCUT2D eigenvalue weighted by Crippen LogP contribution is -2.29. The van der Waals surface area contributed by atoms with Gasteiger partial charge in [-0.15, -0.1) is 0 Å². The molecule has 3 heterocycles. The Kier molecular flexibility index (Phi) is 7.38. The molecule has 1 saturated heterocycles. The summed E-state index contributed by atoms with van der Waals surface area (Å²) in [7, 11) is 0. The molecule has 0 spiro atoms. The second-order valence-corrected chi connectivity index (χ2v) is 10.9. The highest BCUT2D eigenvalue weighted by Gasteiger charge is 2.42. The summed E-state index contributed by atoms with van der Waals surface area (Å²) in [6.45, 7) is 0. The number of pyridine rings is 1. The predicted molar refractivity (Wildman–Crippen MR) is 162 cm³/mol. The topological polar surface area (TPSA) is 128 Å². The number of non-ortho nitro benzene ring substituents is 1. The maximum Gasteiger partial charge on any atom is 0.280 e. The second-order valence-electron chi connectivity index (χ2n) is 9.32. The molecule has 2 aromatic heterocycles. The maximum atomic E-state index is 11.7. The van der Waals surface area contributed by atoms with Crippen molar-refractivity contribution in [1.29, 1.82) is 0 Å². The summed E-state index contributed by atoms with van der Waals surface area (Å²) in [6, 6.07) is 29.1. The van der Waals surface area contributed by atoms with Gasteiger partial charge in [-0.3, -0.25) is 25.2 Å². The molecule has 1 aliphatic heterocycles. The molecule has 208 valence electrons. The zero-order valence-corrected chi connectivity index (χ0v) is 23.3. The van der Waals surface area contributed by atoms with Gasteiger partial charge >= 0.3 is 0 Å². The predicted octanol–water partition coefficient (Wildman–Crippen LogP) is 7.49. The van der Waals surface area contributed by atoms with Crippen LogP contribution in [-0.4, -0.2) is 19.9 Å². The van der Waals surface area contributed by atoms with Crippen molar-refractivity contribution < 1.29 is 14.3 Å². The minimum atomic E-state index is -0.433. The van der Waals surface area contributed by atoms with Crippen molar-refractivity contribution in [2.24, 2.45) is 0 Å². The third kappa shape index (κ3) is 5.32. The van der Waals surface area contributed by atoms with Gasteiger partial charge in [-0.2, -0.15) is 0 Å². The number of nitrogens with zero attached hydrogens (tertiary/aromatic N) is 4. The van der Waals surface area contributed by atoms with Crippen LogP contribution in [0, 0.1) is 20.2 Å². The molecule has 10 nitrogen and oxygen atoms in total. The standard InChI is InChI=1S/C30H21N5O5S2/c36-34(37)20-10-14-22(15-11-20)42-21-12-8-19(9-13-21)33-29(28(32-30(33)41)24-6-3-4-18-31-24)27-17-16-26(40-27)23-5-1-2-7-25(23)35(38)39/h1-18,28-29H,(H,32,41)/t28-,29+/m0/s1. The Morgan fingerprint density at radius 1 is 0.833 bits per heavy atom. The Labute approximate surface area is 249 Å². The lowest BCUT2D eigenvalue weighted by molar-refractivity contribution is -0.384. The number of benzene rings is 3. The van der Waals surface area contributed by atoms with Crippen LogP contribution in [0.2, 0.25) is 0 Å². The molecule has 1 fully saturated rings. The largest absolute Gasteiger partial charge is 0.459 e. The summed E-state index contributed by atoms with van der Waals surface area (Å²) in [5, 5.41) is 26.5. The minimum absolute atomic E-state index is 0.0428. The monoisotopic (exact) mass is 595 g/mol. The molecule has 42 heavy (non-hydrogen) atoms. The third-order valence-corrected chi connectivity index (χ3v) is 8.11. The first-order chi connectivity index (χ1) is 20.4. The van der Waals surface area contributed by atoms with Crippen LogP contribution >= 0.6 is 24.0 Å². The first-order valence-electron chi connectivity index (χ1n) is 12.8. The number of nitrogens with one attached hydrogen (secondary N) is 1. The zero-order valence-electron chi connectivity index (χ0n) is 21.7. The number of nitro groups is 2. The Hall–Kier alpha value is -5.07. The van der Waals surface area contributed by atoms with Crippen LogP contribution in [-0.2, 0) is 0 Å². The molecule has 3 aromatic carbocycles. The minimum Gasteiger partial charge on any atom is -0.459 e. The Bertz CT molecular complexity index is 1780. The van der Waals surface area contributed by atoms with Crippen molar-refractivity contribution in [3.05, 3.63) is 141 Å². The number of hydrogen-bond donors (Lipinski definition) is 1. The summed E-state index contributed by atoms with van der Waals surface area (Å²) in [4.78, 5) is 30.1. The number of para-hydroxylation sites is 1. The van der Waals surface area contributed by atoms with Gasteiger partial charge in [-0.25, -0.2) is 0 Å². The molecule has 0 aliphatic carbocycles. The number of anilines is 1. The molecule has 0 radical (unpaired) electrons. The van der Waals surface area contributed by atoms with Crippen LogP contribution in [0.3, 0.4) is 0 Å². The van der Waals surface area contributed by atoms with Gasteiger partial charge in [0.1, 0.15) is 17.6 Å². The van der Waals surface area contributed by atoms with Gasteiger partial charge in [0.25, 0.3) is 11.4 Å². The maximum absolute atomic E-state index is 11.7. The summed E-state index contributed by atoms with van der Waals surface area (Å²) in [5.74, 6) is 0.945. The fourth-order valence-electron chi connectivity index (χ4n) is 4.87. The fourth-order valence-corrected chi connectivity index (χ4v) is 6.03. The van der Waals surface area contributed by atoms with E-state index >= 15 is 0 Å². The summed E-state index contributed by atoms with van der Waals surface area (Å²) in [6.07, 6.45) is 1.71. The molecule has 2 atom stereocenters. The normalized spacial score (nSPS) is 16.3. The first kappa shape index (κ1) is 27.1. The Morgan fingerprint density at radius 2 is 1.52 bits per heavy atom. The van der Waals surface area contributed by atoms with E-state index in [0.29, 0.717) is 22.2 Å². The molecule has 0 amide bonds. The quantitative estimate of drug-likeness (QED) is 0.109. The van der Waals surface area contributed by atoms with Crippen LogP contribution in [0.4, 0.5) is 17.1 Å². The lowest BCUT2D eigenvalue weighted by atomic mass is 10.0. The van der Waals surface area contributed by atoms with Gasteiger partial charge in [0.05, 0.1) is 27.1 Å². The molecular formula is C30H21N5O5S2. The fraction of sp³-hybridized carbons (Fsp3) is 0.0667. The second kappa shape index (κ2) is 11.4. The molecule has 0 bridgehead atoms. The zero-order chi connectivity index (χ0) is 29.2. The smallest absolute Gasteiger partial charge is 0.280 e. The highest BCUT2D eigenvalue weighted by Crippen LogP contribution is 2.44. The van der Waals surface area contributed by atoms with Crippen molar-refractivity contribution in [2.45, 2.75) is 21.9 Å². The summed E-state index contributed by atoms with van der Waals surface area (Å²) in [5.41, 5.74) is 1.96. The van der Waals surface area contributed by atoms with E-state index in [1.807, 2.05) is 53.4 Å². The number of nitro benzene ring substituents is 2. The van der Waals surface area contributed by atoms with Gasteiger partial charge in [-0.05, 0) is 78.9 Å². The molecule has 5 aromatic rings. The highest BCUT2D eigenvalue weighted by atomic mass is 32.2. The Morgan fingerprint density at radius 3 is 2.19 bits per heavy atom. The van der Waals surface area contributed by atoms with Crippen molar-refractivity contribution in [1.82, 2.24) is 10.3 Å². The van der Waals surface area contributed by atoms with E-state index in [9.17, 15) is 20.2 Å². The Balaban J connectivity index is 1.34. The van der Waals surface area contributed by atoms with Gasteiger partial charge in [0.2, 0.25) is 0 Å². The highest BCUT2D eigenvalue weighted by molar-refractivity contribution is 7.99. The van der Waals surface area contributed by atoms with E-state index < -0.39 is 15.9 Å². The van der Waals surface area contributed by atoms with Crippen LogP contribution in [0.25, 0.3) is 11.3 Å². The number of furan rings is 1. The van der Waals surface area contributed by atoms with Crippen molar-refractivity contribution in [2.75, 3.05) is 4.90 Å². The summed E-state index contributed by atoms with van der Waals surface area (Å²) < 4.78 is 6.30. The summed E-state index contributed by atoms with van der Waals surface area (Å²) >= 11 is 7.28. The molecular weight excluding hydrogens is 574 g/mol.